The molecule has 0 atom stereocenters. The Kier molecular flexibility index (Phi) is 5.88. The molecule has 0 bridgehead atoms. The third-order valence-electron chi connectivity index (χ3n) is 5.74. The van der Waals surface area contributed by atoms with E-state index >= 15 is 0 Å². The lowest BCUT2D eigenvalue weighted by atomic mass is 10.1. The van der Waals surface area contributed by atoms with Crippen LogP contribution < -0.4 is 10.3 Å². The molecule has 5 rings (SSSR count). The van der Waals surface area contributed by atoms with Crippen LogP contribution in [-0.4, -0.2) is 31.5 Å². The quantitative estimate of drug-likeness (QED) is 0.248. The largest absolute Gasteiger partial charge is 0.494 e. The molecular formula is C26H24N4O2S. The zero-order valence-corrected chi connectivity index (χ0v) is 19.4. The number of benzene rings is 3. The topological polar surface area (TPSA) is 61.4 Å². The maximum atomic E-state index is 13.5. The van der Waals surface area contributed by atoms with Gasteiger partial charge in [0.25, 0.3) is 5.56 Å². The van der Waals surface area contributed by atoms with Gasteiger partial charge in [0.15, 0.2) is 5.16 Å². The van der Waals surface area contributed by atoms with Gasteiger partial charge in [-0.2, -0.15) is 0 Å². The van der Waals surface area contributed by atoms with Crippen molar-refractivity contribution >= 4 is 28.4 Å². The van der Waals surface area contributed by atoms with Gasteiger partial charge in [0, 0.05) is 5.75 Å². The van der Waals surface area contributed by atoms with Crippen molar-refractivity contribution in [2.75, 3.05) is 12.4 Å². The number of aromatic nitrogens is 4. The summed E-state index contributed by atoms with van der Waals surface area (Å²) in [5.74, 6) is 2.22. The molecule has 2 aromatic heterocycles. The highest BCUT2D eigenvalue weighted by Gasteiger charge is 2.19. The van der Waals surface area contributed by atoms with Crippen LogP contribution in [-0.2, 0) is 0 Å². The molecule has 0 radical (unpaired) electrons. The van der Waals surface area contributed by atoms with Gasteiger partial charge >= 0.3 is 0 Å². The molecule has 3 aromatic carbocycles. The molecule has 0 aliphatic heterocycles. The van der Waals surface area contributed by atoms with Crippen molar-refractivity contribution < 1.29 is 4.74 Å². The van der Waals surface area contributed by atoms with Gasteiger partial charge < -0.3 is 4.74 Å². The van der Waals surface area contributed by atoms with Crippen molar-refractivity contribution in [1.29, 1.82) is 0 Å². The Hall–Kier alpha value is -3.58. The maximum absolute atomic E-state index is 13.5. The van der Waals surface area contributed by atoms with Crippen LogP contribution in [0, 0.1) is 13.8 Å². The van der Waals surface area contributed by atoms with Crippen molar-refractivity contribution in [2.45, 2.75) is 25.4 Å². The van der Waals surface area contributed by atoms with E-state index in [4.69, 9.17) is 4.74 Å². The molecular weight excluding hydrogens is 432 g/mol. The molecule has 0 saturated heterocycles. The number of hydrogen-bond acceptors (Lipinski definition) is 5. The van der Waals surface area contributed by atoms with Crippen molar-refractivity contribution in [3.8, 4) is 11.4 Å². The maximum Gasteiger partial charge on any atom is 0.267 e. The first-order valence-electron chi connectivity index (χ1n) is 10.9. The van der Waals surface area contributed by atoms with Crippen LogP contribution in [0.4, 0.5) is 0 Å². The van der Waals surface area contributed by atoms with Crippen LogP contribution in [0.5, 0.6) is 5.75 Å². The lowest BCUT2D eigenvalue weighted by molar-refractivity contribution is 0.318. The van der Waals surface area contributed by atoms with Gasteiger partial charge in [0.1, 0.15) is 5.75 Å². The lowest BCUT2D eigenvalue weighted by Gasteiger charge is -2.14. The summed E-state index contributed by atoms with van der Waals surface area (Å²) in [5.41, 5.74) is 3.72. The highest BCUT2D eigenvalue weighted by atomic mass is 32.2. The molecule has 33 heavy (non-hydrogen) atoms. The zero-order chi connectivity index (χ0) is 22.8. The number of aryl methyl sites for hydroxylation is 1. The minimum Gasteiger partial charge on any atom is -0.494 e. The van der Waals surface area contributed by atoms with E-state index in [9.17, 15) is 4.79 Å². The second kappa shape index (κ2) is 9.11. The first-order chi connectivity index (χ1) is 16.1. The summed E-state index contributed by atoms with van der Waals surface area (Å²) < 4.78 is 9.47. The first-order valence-corrected chi connectivity index (χ1v) is 11.9. The van der Waals surface area contributed by atoms with Crippen LogP contribution in [0.15, 0.2) is 82.7 Å². The van der Waals surface area contributed by atoms with E-state index in [1.54, 1.807) is 16.3 Å². The third kappa shape index (κ3) is 4.00. The predicted molar refractivity (Wildman–Crippen MR) is 133 cm³/mol. The van der Waals surface area contributed by atoms with Crippen molar-refractivity contribution in [1.82, 2.24) is 19.2 Å². The lowest BCUT2D eigenvalue weighted by Crippen LogP contribution is -2.22. The van der Waals surface area contributed by atoms with Gasteiger partial charge in [-0.1, -0.05) is 54.2 Å². The Bertz CT molecular complexity index is 1490. The Balaban J connectivity index is 1.50. The van der Waals surface area contributed by atoms with E-state index in [2.05, 4.69) is 10.2 Å². The Morgan fingerprint density at radius 2 is 1.70 bits per heavy atom. The number of rotatable bonds is 7. The molecule has 0 saturated carbocycles. The molecule has 0 unspecified atom stereocenters. The summed E-state index contributed by atoms with van der Waals surface area (Å²) in [6, 6.07) is 23.4. The average molecular weight is 457 g/mol. The average Bonchev–Trinajstić information content (AvgIpc) is 3.26. The van der Waals surface area contributed by atoms with Crippen LogP contribution in [0.1, 0.15) is 17.5 Å². The van der Waals surface area contributed by atoms with E-state index in [0.717, 1.165) is 45.4 Å². The SMILES string of the molecule is Cc1cccc(-n2c(=O)c3ccccc3n3c(SCCCOc4ccccc4)nnc23)c1C. The highest BCUT2D eigenvalue weighted by molar-refractivity contribution is 7.99. The molecule has 0 N–H and O–H groups in total. The summed E-state index contributed by atoms with van der Waals surface area (Å²) in [6.07, 6.45) is 0.864. The van der Waals surface area contributed by atoms with Gasteiger partial charge in [-0.3, -0.25) is 9.20 Å². The van der Waals surface area contributed by atoms with Crippen LogP contribution in [0.25, 0.3) is 22.4 Å². The predicted octanol–water partition coefficient (Wildman–Crippen LogP) is 5.21. The Labute approximate surface area is 195 Å². The summed E-state index contributed by atoms with van der Waals surface area (Å²) in [4.78, 5) is 13.5. The molecule has 5 aromatic rings. The normalized spacial score (nSPS) is 11.3. The number of nitrogens with zero attached hydrogens (tertiary/aromatic N) is 4. The molecule has 0 aliphatic carbocycles. The molecule has 0 fully saturated rings. The Morgan fingerprint density at radius 1 is 0.909 bits per heavy atom. The fraction of sp³-hybridized carbons (Fsp3) is 0.192. The molecule has 0 amide bonds. The first kappa shape index (κ1) is 21.3. The van der Waals surface area contributed by atoms with Gasteiger partial charge in [0.2, 0.25) is 5.78 Å². The number of thioether (sulfide) groups is 1. The third-order valence-corrected chi connectivity index (χ3v) is 6.76. The van der Waals surface area contributed by atoms with Gasteiger partial charge in [-0.05, 0) is 61.7 Å². The standard InChI is InChI=1S/C26H24N4O2S/c1-18-10-8-15-22(19(18)2)29-24(31)21-13-6-7-14-23(21)30-25(29)27-28-26(30)33-17-9-16-32-20-11-4-3-5-12-20/h3-8,10-15H,9,16-17H2,1-2H3. The van der Waals surface area contributed by atoms with Crippen molar-refractivity contribution in [2.24, 2.45) is 0 Å². The van der Waals surface area contributed by atoms with E-state index in [1.165, 1.54) is 0 Å². The second-order valence-corrected chi connectivity index (χ2v) is 8.92. The zero-order valence-electron chi connectivity index (χ0n) is 18.6. The number of fused-ring (bicyclic) bond motifs is 3. The van der Waals surface area contributed by atoms with Gasteiger partial charge in [-0.25, -0.2) is 4.57 Å². The van der Waals surface area contributed by atoms with Crippen molar-refractivity contribution in [3.05, 3.63) is 94.3 Å². The van der Waals surface area contributed by atoms with E-state index in [1.807, 2.05) is 91.0 Å². The second-order valence-electron chi connectivity index (χ2n) is 7.86. The fourth-order valence-electron chi connectivity index (χ4n) is 3.90. The summed E-state index contributed by atoms with van der Waals surface area (Å²) >= 11 is 1.62. The fourth-order valence-corrected chi connectivity index (χ4v) is 4.75. The van der Waals surface area contributed by atoms with Crippen LogP contribution in [0.3, 0.4) is 0 Å². The summed E-state index contributed by atoms with van der Waals surface area (Å²) in [5, 5.41) is 10.3. The van der Waals surface area contributed by atoms with E-state index in [0.29, 0.717) is 17.8 Å². The molecule has 6 nitrogen and oxygen atoms in total. The summed E-state index contributed by atoms with van der Waals surface area (Å²) in [7, 11) is 0. The number of ether oxygens (including phenoxy) is 1. The molecule has 2 heterocycles. The molecule has 0 aliphatic rings. The van der Waals surface area contributed by atoms with E-state index < -0.39 is 0 Å². The molecule has 7 heteroatoms. The minimum atomic E-state index is -0.0907. The van der Waals surface area contributed by atoms with Crippen LogP contribution in [0.2, 0.25) is 0 Å². The Morgan fingerprint density at radius 3 is 2.55 bits per heavy atom. The van der Waals surface area contributed by atoms with Crippen LogP contribution >= 0.6 is 11.8 Å². The van der Waals surface area contributed by atoms with Crippen molar-refractivity contribution in [3.63, 3.8) is 0 Å². The minimum absolute atomic E-state index is 0.0907. The van der Waals surface area contributed by atoms with E-state index in [-0.39, 0.29) is 5.56 Å². The number of para-hydroxylation sites is 2. The highest BCUT2D eigenvalue weighted by Crippen LogP contribution is 2.25. The van der Waals surface area contributed by atoms with Gasteiger partial charge in [-0.15, -0.1) is 10.2 Å². The monoisotopic (exact) mass is 456 g/mol. The number of hydrogen-bond donors (Lipinski definition) is 0. The molecule has 166 valence electrons. The van der Waals surface area contributed by atoms with Gasteiger partial charge in [0.05, 0.1) is 23.2 Å². The summed E-state index contributed by atoms with van der Waals surface area (Å²) in [6.45, 7) is 4.70. The smallest absolute Gasteiger partial charge is 0.267 e. The molecule has 0 spiro atoms.